The fourth-order valence-electron chi connectivity index (χ4n) is 5.55. The van der Waals surface area contributed by atoms with Gasteiger partial charge in [-0.05, 0) is 11.1 Å². The molecule has 2 aliphatic heterocycles. The molecule has 200 valence electrons. The maximum absolute atomic E-state index is 13.3. The van der Waals surface area contributed by atoms with E-state index >= 15 is 0 Å². The van der Waals surface area contributed by atoms with Gasteiger partial charge in [0.25, 0.3) is 0 Å². The molecule has 0 saturated carbocycles. The highest BCUT2D eigenvalue weighted by atomic mass is 19.1. The summed E-state index contributed by atoms with van der Waals surface area (Å²) in [4.78, 5) is 32.6. The molecule has 0 amide bonds. The summed E-state index contributed by atoms with van der Waals surface area (Å²) in [5.41, 5.74) is -0.864. The first kappa shape index (κ1) is 28.3. The number of halogens is 1. The van der Waals surface area contributed by atoms with Gasteiger partial charge in [0.2, 0.25) is 5.60 Å². The summed E-state index contributed by atoms with van der Waals surface area (Å²) in [7, 11) is 2.13. The standard InChI is InChI=1S/C24H29FNO3.C4H6O4/c1-26(15-14-25)20-12-13-21(26)17-22(16-20)29-23(27)24(28,18-8-4-2-5-9-18)19-10-6-3-7-11-19;5-3(6)1-2-4(7)8/h2-11,20-22,28H,12-17H2,1H3;1-2H2,(H,5,6)(H,7,8)/q+1;/t20-,21-,22?,26?;/m0./s1. The number of alkyl halides is 1. The second kappa shape index (κ2) is 12.3. The summed E-state index contributed by atoms with van der Waals surface area (Å²) in [6, 6.07) is 18.5. The molecule has 2 aliphatic rings. The van der Waals surface area contributed by atoms with E-state index in [-0.39, 0.29) is 25.6 Å². The fraction of sp³-hybridized carbons (Fsp3) is 0.464. The van der Waals surface area contributed by atoms with Crippen LogP contribution in [0, 0.1) is 0 Å². The molecule has 0 aliphatic carbocycles. The Balaban J connectivity index is 0.000000414. The molecule has 9 heteroatoms. The van der Waals surface area contributed by atoms with Crippen LogP contribution in [0.5, 0.6) is 0 Å². The van der Waals surface area contributed by atoms with Gasteiger partial charge in [-0.3, -0.25) is 9.59 Å². The van der Waals surface area contributed by atoms with E-state index in [9.17, 15) is 23.9 Å². The van der Waals surface area contributed by atoms with E-state index in [4.69, 9.17) is 14.9 Å². The smallest absolute Gasteiger partial charge is 0.347 e. The van der Waals surface area contributed by atoms with Crippen molar-refractivity contribution >= 4 is 17.9 Å². The van der Waals surface area contributed by atoms with Crippen LogP contribution in [0.1, 0.15) is 49.7 Å². The Morgan fingerprint density at radius 2 is 1.32 bits per heavy atom. The molecule has 37 heavy (non-hydrogen) atoms. The van der Waals surface area contributed by atoms with Crippen LogP contribution in [0.3, 0.4) is 0 Å². The molecule has 2 aromatic carbocycles. The van der Waals surface area contributed by atoms with Gasteiger partial charge in [0.05, 0.1) is 32.0 Å². The molecule has 2 bridgehead atoms. The second-order valence-electron chi connectivity index (χ2n) is 9.87. The van der Waals surface area contributed by atoms with Crippen molar-refractivity contribution in [2.24, 2.45) is 0 Å². The Hall–Kier alpha value is -3.30. The number of hydrogen-bond donors (Lipinski definition) is 3. The zero-order valence-corrected chi connectivity index (χ0v) is 21.0. The molecule has 2 heterocycles. The van der Waals surface area contributed by atoms with Gasteiger partial charge in [0.1, 0.15) is 19.3 Å². The number of ether oxygens (including phenoxy) is 1. The molecule has 4 rings (SSSR count). The van der Waals surface area contributed by atoms with Crippen molar-refractivity contribution in [2.75, 3.05) is 20.3 Å². The predicted molar refractivity (Wildman–Crippen MR) is 133 cm³/mol. The number of hydrogen-bond acceptors (Lipinski definition) is 5. The molecule has 2 saturated heterocycles. The third-order valence-corrected chi connectivity index (χ3v) is 7.64. The van der Waals surface area contributed by atoms with Gasteiger partial charge in [0.15, 0.2) is 0 Å². The quantitative estimate of drug-likeness (QED) is 0.345. The number of aliphatic carboxylic acids is 2. The monoisotopic (exact) mass is 516 g/mol. The number of benzene rings is 2. The van der Waals surface area contributed by atoms with Crippen LogP contribution in [0.15, 0.2) is 60.7 Å². The number of fused-ring (bicyclic) bond motifs is 2. The maximum Gasteiger partial charge on any atom is 0.347 e. The summed E-state index contributed by atoms with van der Waals surface area (Å²) >= 11 is 0. The third kappa shape index (κ3) is 6.53. The number of carbonyl (C=O) groups excluding carboxylic acids is 1. The highest BCUT2D eigenvalue weighted by Crippen LogP contribution is 2.43. The topological polar surface area (TPSA) is 121 Å². The van der Waals surface area contributed by atoms with Crippen LogP contribution >= 0.6 is 0 Å². The van der Waals surface area contributed by atoms with Crippen LogP contribution in [0.4, 0.5) is 4.39 Å². The minimum Gasteiger partial charge on any atom is -0.481 e. The van der Waals surface area contributed by atoms with Gasteiger partial charge in [0, 0.05) is 25.7 Å². The molecule has 3 N–H and O–H groups in total. The molecular formula is C28H35FNO7+. The number of nitrogens with zero attached hydrogens (tertiary/aromatic N) is 1. The summed E-state index contributed by atoms with van der Waals surface area (Å²) in [6.07, 6.45) is 2.68. The molecule has 0 aromatic heterocycles. The van der Waals surface area contributed by atoms with Crippen molar-refractivity contribution in [3.05, 3.63) is 71.8 Å². The lowest BCUT2D eigenvalue weighted by Gasteiger charge is -2.46. The van der Waals surface area contributed by atoms with E-state index in [2.05, 4.69) is 7.05 Å². The Bertz CT molecular complexity index is 995. The number of rotatable bonds is 9. The van der Waals surface area contributed by atoms with Gasteiger partial charge in [-0.1, -0.05) is 60.7 Å². The van der Waals surface area contributed by atoms with Crippen molar-refractivity contribution in [3.63, 3.8) is 0 Å². The summed E-state index contributed by atoms with van der Waals surface area (Å²) in [5.74, 6) is -2.79. The Morgan fingerprint density at radius 3 is 1.70 bits per heavy atom. The van der Waals surface area contributed by atoms with Gasteiger partial charge in [-0.25, -0.2) is 9.18 Å². The van der Waals surface area contributed by atoms with Gasteiger partial charge in [-0.15, -0.1) is 0 Å². The number of aliphatic hydroxyl groups is 1. The number of quaternary nitrogens is 1. The van der Waals surface area contributed by atoms with E-state index in [1.165, 1.54) is 0 Å². The predicted octanol–water partition coefficient (Wildman–Crippen LogP) is 3.51. The minimum atomic E-state index is -1.85. The molecule has 0 radical (unpaired) electrons. The van der Waals surface area contributed by atoms with Crippen LogP contribution in [0.25, 0.3) is 0 Å². The van der Waals surface area contributed by atoms with Gasteiger partial charge in [-0.2, -0.15) is 0 Å². The Kier molecular flexibility index (Phi) is 9.39. The van der Waals surface area contributed by atoms with Crippen molar-refractivity contribution in [1.29, 1.82) is 0 Å². The van der Waals surface area contributed by atoms with E-state index < -0.39 is 23.5 Å². The summed E-state index contributed by atoms with van der Waals surface area (Å²) < 4.78 is 19.8. The minimum absolute atomic E-state index is 0.246. The average Bonchev–Trinajstić information content (AvgIpc) is 3.04. The van der Waals surface area contributed by atoms with Gasteiger partial charge < -0.3 is 24.5 Å². The van der Waals surface area contributed by atoms with Crippen LogP contribution in [-0.4, -0.2) is 76.2 Å². The number of piperidine rings is 1. The molecular weight excluding hydrogens is 481 g/mol. The highest BCUT2D eigenvalue weighted by Gasteiger charge is 2.53. The lowest BCUT2D eigenvalue weighted by Crippen LogP contribution is -2.60. The summed E-state index contributed by atoms with van der Waals surface area (Å²) in [6.45, 7) is 0.198. The van der Waals surface area contributed by atoms with E-state index in [0.29, 0.717) is 29.8 Å². The maximum atomic E-state index is 13.3. The number of carbonyl (C=O) groups is 3. The number of esters is 1. The van der Waals surface area contributed by atoms with E-state index in [1.807, 2.05) is 12.1 Å². The van der Waals surface area contributed by atoms with Gasteiger partial charge >= 0.3 is 17.9 Å². The van der Waals surface area contributed by atoms with Crippen molar-refractivity contribution in [2.45, 2.75) is 62.3 Å². The Labute approximate surface area is 215 Å². The highest BCUT2D eigenvalue weighted by molar-refractivity contribution is 5.85. The first-order valence-corrected chi connectivity index (χ1v) is 12.5. The zero-order valence-electron chi connectivity index (χ0n) is 21.0. The summed E-state index contributed by atoms with van der Waals surface area (Å²) in [5, 5.41) is 27.4. The molecule has 0 spiro atoms. The molecule has 0 unspecified atom stereocenters. The zero-order chi connectivity index (χ0) is 27.1. The first-order chi connectivity index (χ1) is 17.6. The van der Waals surface area contributed by atoms with Crippen LogP contribution in [0.2, 0.25) is 0 Å². The number of carboxylic acids is 2. The molecule has 2 fully saturated rings. The largest absolute Gasteiger partial charge is 0.481 e. The molecule has 8 nitrogen and oxygen atoms in total. The van der Waals surface area contributed by atoms with Crippen LogP contribution in [-0.2, 0) is 24.7 Å². The third-order valence-electron chi connectivity index (χ3n) is 7.64. The van der Waals surface area contributed by atoms with E-state index in [1.54, 1.807) is 48.5 Å². The second-order valence-corrected chi connectivity index (χ2v) is 9.87. The lowest BCUT2D eigenvalue weighted by molar-refractivity contribution is -0.949. The van der Waals surface area contributed by atoms with Crippen molar-refractivity contribution < 1.29 is 43.3 Å². The van der Waals surface area contributed by atoms with E-state index in [0.717, 1.165) is 30.2 Å². The number of carboxylic acid groups (broad SMARTS) is 2. The first-order valence-electron chi connectivity index (χ1n) is 12.5. The fourth-order valence-corrected chi connectivity index (χ4v) is 5.55. The lowest BCUT2D eigenvalue weighted by atomic mass is 9.86. The normalized spacial score (nSPS) is 24.5. The molecule has 2 atom stereocenters. The van der Waals surface area contributed by atoms with Crippen LogP contribution < -0.4 is 0 Å². The van der Waals surface area contributed by atoms with Crippen molar-refractivity contribution in [3.8, 4) is 0 Å². The molecule has 2 aromatic rings. The SMILES string of the molecule is C[N+]1(CCF)[C@H]2CC[C@H]1CC(OC(=O)C(O)(c1ccccc1)c1ccccc1)C2.O=C(O)CCC(=O)O. The van der Waals surface area contributed by atoms with Crippen molar-refractivity contribution in [1.82, 2.24) is 0 Å². The Morgan fingerprint density at radius 1 is 0.892 bits per heavy atom. The average molecular weight is 517 g/mol.